The molecule has 0 atom stereocenters. The van der Waals surface area contributed by atoms with Crippen LogP contribution in [-0.4, -0.2) is 43.6 Å². The van der Waals surface area contributed by atoms with Gasteiger partial charge in [-0.3, -0.25) is 4.79 Å². The highest BCUT2D eigenvalue weighted by atomic mass is 32.2. The minimum Gasteiger partial charge on any atom is -0.481 e. The maximum atomic E-state index is 11.8. The van der Waals surface area contributed by atoms with E-state index >= 15 is 0 Å². The first-order valence-corrected chi connectivity index (χ1v) is 7.64. The molecule has 18 heavy (non-hydrogen) atoms. The summed E-state index contributed by atoms with van der Waals surface area (Å²) in [5.74, 6) is -0.371. The molecule has 0 unspecified atom stereocenters. The summed E-state index contributed by atoms with van der Waals surface area (Å²) >= 11 is 1.39. The molecule has 1 rings (SSSR count). The Morgan fingerprint density at radius 2 is 1.83 bits per heavy atom. The fourth-order valence-corrected chi connectivity index (χ4v) is 2.92. The van der Waals surface area contributed by atoms with Crippen LogP contribution in [0, 0.1) is 0 Å². The highest BCUT2D eigenvalue weighted by Gasteiger charge is 2.16. The van der Waals surface area contributed by atoms with Gasteiger partial charge in [-0.2, -0.15) is 0 Å². The number of nitrogens with zero attached hydrogens (tertiary/aromatic N) is 1. The summed E-state index contributed by atoms with van der Waals surface area (Å²) in [6, 6.07) is 6.42. The average molecular weight is 289 g/mol. The number of sulfonamides is 1. The van der Waals surface area contributed by atoms with Gasteiger partial charge in [0.2, 0.25) is 10.0 Å². The van der Waals surface area contributed by atoms with E-state index in [1.165, 1.54) is 38.0 Å². The third kappa shape index (κ3) is 4.01. The first-order valence-electron chi connectivity index (χ1n) is 5.21. The fourth-order valence-electron chi connectivity index (χ4n) is 1.17. The van der Waals surface area contributed by atoms with E-state index in [-0.39, 0.29) is 11.3 Å². The molecule has 1 N–H and O–H groups in total. The molecule has 1 aromatic carbocycles. The molecule has 0 bridgehead atoms. The topological polar surface area (TPSA) is 74.7 Å². The minimum absolute atomic E-state index is 0.0857. The van der Waals surface area contributed by atoms with Crippen LogP contribution in [0.5, 0.6) is 0 Å². The summed E-state index contributed by atoms with van der Waals surface area (Å²) in [6.45, 7) is 0. The molecule has 0 aliphatic carbocycles. The van der Waals surface area contributed by atoms with Gasteiger partial charge >= 0.3 is 5.97 Å². The van der Waals surface area contributed by atoms with Crippen LogP contribution in [0.15, 0.2) is 34.1 Å². The summed E-state index contributed by atoms with van der Waals surface area (Å²) in [6.07, 6.45) is 0.0857. The van der Waals surface area contributed by atoms with Gasteiger partial charge in [0.05, 0.1) is 11.3 Å². The summed E-state index contributed by atoms with van der Waals surface area (Å²) in [4.78, 5) is 11.4. The highest BCUT2D eigenvalue weighted by Crippen LogP contribution is 2.21. The lowest BCUT2D eigenvalue weighted by atomic mass is 10.4. The normalized spacial score (nSPS) is 11.7. The molecule has 0 fully saturated rings. The smallest absolute Gasteiger partial charge is 0.304 e. The van der Waals surface area contributed by atoms with Crippen molar-refractivity contribution in [3.63, 3.8) is 0 Å². The van der Waals surface area contributed by atoms with Crippen molar-refractivity contribution in [1.82, 2.24) is 4.31 Å². The van der Waals surface area contributed by atoms with Crippen molar-refractivity contribution < 1.29 is 18.3 Å². The molecule has 0 aliphatic rings. The zero-order valence-electron chi connectivity index (χ0n) is 10.2. The van der Waals surface area contributed by atoms with E-state index in [9.17, 15) is 13.2 Å². The van der Waals surface area contributed by atoms with Crippen LogP contribution in [0.2, 0.25) is 0 Å². The second-order valence-electron chi connectivity index (χ2n) is 3.75. The van der Waals surface area contributed by atoms with Crippen LogP contribution in [-0.2, 0) is 14.8 Å². The molecule has 7 heteroatoms. The van der Waals surface area contributed by atoms with E-state index in [0.29, 0.717) is 5.75 Å². The molecule has 0 spiro atoms. The lowest BCUT2D eigenvalue weighted by Gasteiger charge is -2.11. The van der Waals surface area contributed by atoms with Crippen molar-refractivity contribution in [3.05, 3.63) is 24.3 Å². The molecule has 1 aromatic rings. The van der Waals surface area contributed by atoms with Gasteiger partial charge in [-0.15, -0.1) is 11.8 Å². The van der Waals surface area contributed by atoms with E-state index in [1.807, 2.05) is 0 Å². The van der Waals surface area contributed by atoms with Gasteiger partial charge in [0.1, 0.15) is 0 Å². The van der Waals surface area contributed by atoms with Crippen LogP contribution in [0.25, 0.3) is 0 Å². The maximum absolute atomic E-state index is 11.8. The van der Waals surface area contributed by atoms with E-state index in [4.69, 9.17) is 5.11 Å². The van der Waals surface area contributed by atoms with E-state index in [1.54, 1.807) is 12.1 Å². The molecular weight excluding hydrogens is 274 g/mol. The van der Waals surface area contributed by atoms with Crippen LogP contribution >= 0.6 is 11.8 Å². The largest absolute Gasteiger partial charge is 0.481 e. The number of carboxylic acids is 1. The molecule has 0 heterocycles. The average Bonchev–Trinajstić information content (AvgIpc) is 2.29. The standard InChI is InChI=1S/C11H15NO4S2/c1-12(2)18(15,16)10-5-3-9(4-6-10)17-8-7-11(13)14/h3-6H,7-8H2,1-2H3,(H,13,14). The second-order valence-corrected chi connectivity index (χ2v) is 7.07. The number of rotatable bonds is 6. The van der Waals surface area contributed by atoms with Gasteiger partial charge in [0.25, 0.3) is 0 Å². The van der Waals surface area contributed by atoms with E-state index in [0.717, 1.165) is 9.20 Å². The number of benzene rings is 1. The summed E-state index contributed by atoms with van der Waals surface area (Å²) in [5, 5.41) is 8.51. The summed E-state index contributed by atoms with van der Waals surface area (Å²) < 4.78 is 24.7. The van der Waals surface area contributed by atoms with Gasteiger partial charge in [0.15, 0.2) is 0 Å². The Hall–Kier alpha value is -1.05. The van der Waals surface area contributed by atoms with Crippen LogP contribution in [0.3, 0.4) is 0 Å². The number of thioether (sulfide) groups is 1. The Morgan fingerprint density at radius 1 is 1.28 bits per heavy atom. The fraction of sp³-hybridized carbons (Fsp3) is 0.364. The van der Waals surface area contributed by atoms with Crippen LogP contribution in [0.4, 0.5) is 0 Å². The SMILES string of the molecule is CN(C)S(=O)(=O)c1ccc(SCCC(=O)O)cc1. The van der Waals surface area contributed by atoms with Crippen molar-refractivity contribution >= 4 is 27.8 Å². The highest BCUT2D eigenvalue weighted by molar-refractivity contribution is 7.99. The number of hydrogen-bond donors (Lipinski definition) is 1. The Kier molecular flexibility index (Phi) is 5.18. The Labute approximate surface area is 111 Å². The zero-order valence-corrected chi connectivity index (χ0v) is 11.8. The first kappa shape index (κ1) is 15.0. The van der Waals surface area contributed by atoms with Crippen molar-refractivity contribution in [2.75, 3.05) is 19.8 Å². The van der Waals surface area contributed by atoms with Crippen molar-refractivity contribution in [3.8, 4) is 0 Å². The Balaban J connectivity index is 2.72. The Morgan fingerprint density at radius 3 is 2.28 bits per heavy atom. The van der Waals surface area contributed by atoms with Crippen molar-refractivity contribution in [2.24, 2.45) is 0 Å². The van der Waals surface area contributed by atoms with Gasteiger partial charge < -0.3 is 5.11 Å². The van der Waals surface area contributed by atoms with Gasteiger partial charge in [-0.1, -0.05) is 0 Å². The van der Waals surface area contributed by atoms with Crippen molar-refractivity contribution in [1.29, 1.82) is 0 Å². The molecule has 0 radical (unpaired) electrons. The monoisotopic (exact) mass is 289 g/mol. The summed E-state index contributed by atoms with van der Waals surface area (Å²) in [7, 11) is -0.444. The molecule has 100 valence electrons. The number of aliphatic carboxylic acids is 1. The molecule has 0 aromatic heterocycles. The molecule has 0 saturated carbocycles. The Bertz CT molecular complexity index is 508. The third-order valence-corrected chi connectivity index (χ3v) is 5.03. The predicted molar refractivity (Wildman–Crippen MR) is 70.3 cm³/mol. The molecule has 0 amide bonds. The maximum Gasteiger partial charge on any atom is 0.304 e. The lowest BCUT2D eigenvalue weighted by molar-refractivity contribution is -0.136. The molecule has 5 nitrogen and oxygen atoms in total. The predicted octanol–water partition coefficient (Wildman–Crippen LogP) is 1.50. The van der Waals surface area contributed by atoms with Gasteiger partial charge in [0, 0.05) is 24.7 Å². The first-order chi connectivity index (χ1) is 8.34. The van der Waals surface area contributed by atoms with Gasteiger partial charge in [-0.05, 0) is 24.3 Å². The lowest BCUT2D eigenvalue weighted by Crippen LogP contribution is -2.22. The van der Waals surface area contributed by atoms with E-state index in [2.05, 4.69) is 0 Å². The van der Waals surface area contributed by atoms with Gasteiger partial charge in [-0.25, -0.2) is 12.7 Å². The quantitative estimate of drug-likeness (QED) is 0.803. The minimum atomic E-state index is -3.40. The summed E-state index contributed by atoms with van der Waals surface area (Å²) in [5.41, 5.74) is 0. The van der Waals surface area contributed by atoms with Crippen LogP contribution < -0.4 is 0 Å². The number of hydrogen-bond acceptors (Lipinski definition) is 4. The third-order valence-electron chi connectivity index (χ3n) is 2.19. The molecule has 0 saturated heterocycles. The van der Waals surface area contributed by atoms with Crippen LogP contribution in [0.1, 0.15) is 6.42 Å². The van der Waals surface area contributed by atoms with E-state index < -0.39 is 16.0 Å². The van der Waals surface area contributed by atoms with Crippen molar-refractivity contribution in [2.45, 2.75) is 16.2 Å². The zero-order chi connectivity index (χ0) is 13.8. The number of carbonyl (C=O) groups is 1. The molecule has 0 aliphatic heterocycles. The molecular formula is C11H15NO4S2. The second kappa shape index (κ2) is 6.21. The number of carboxylic acid groups (broad SMARTS) is 1.